The fourth-order valence-electron chi connectivity index (χ4n) is 0. The molecule has 7 radical (unpaired) electrons. The minimum Gasteiger partial charge on any atom is -0.0654 e. The van der Waals surface area contributed by atoms with E-state index in [4.69, 9.17) is 0 Å². The Morgan fingerprint density at radius 3 is 0.769 bits per heavy atom. The van der Waals surface area contributed by atoms with Crippen molar-refractivity contribution in [1.29, 1.82) is 0 Å². The Bertz CT molecular complexity index is 25.8. The van der Waals surface area contributed by atoms with Crippen LogP contribution in [0.3, 0.4) is 0 Å². The van der Waals surface area contributed by atoms with E-state index in [-0.39, 0.29) is 25.3 Å². The predicted molar refractivity (Wildman–Crippen MR) is 68.7 cm³/mol. The van der Waals surface area contributed by atoms with Gasteiger partial charge in [0.05, 0.1) is 0 Å². The van der Waals surface area contributed by atoms with Gasteiger partial charge in [-0.05, 0) is 0 Å². The van der Waals surface area contributed by atoms with Gasteiger partial charge >= 0.3 is 0 Å². The van der Waals surface area contributed by atoms with Crippen molar-refractivity contribution in [2.45, 2.75) is 59.3 Å². The first-order chi connectivity index (χ1) is 5.74. The zero-order chi connectivity index (χ0) is 10.2. The molecule has 0 saturated heterocycles. The van der Waals surface area contributed by atoms with Crippen LogP contribution in [-0.2, 0) is 0 Å². The Hall–Kier alpha value is 0.799. The number of hydrogen-bond acceptors (Lipinski definition) is 0. The fraction of sp³-hybridized carbons (Fsp3) is 0.750. The summed E-state index contributed by atoms with van der Waals surface area (Å²) < 4.78 is 0. The van der Waals surface area contributed by atoms with Crippen molar-refractivity contribution in [3.05, 3.63) is 20.8 Å². The molecule has 0 rings (SSSR count). The molecule has 0 fully saturated rings. The quantitative estimate of drug-likeness (QED) is 0.660. The summed E-state index contributed by atoms with van der Waals surface area (Å²) in [5.41, 5.74) is 0. The molecule has 0 bridgehead atoms. The summed E-state index contributed by atoms with van der Waals surface area (Å²) in [4.78, 5) is 0. The maximum atomic E-state index is 3.60. The molecule has 0 aromatic carbocycles. The van der Waals surface area contributed by atoms with Crippen LogP contribution in [0.2, 0.25) is 0 Å². The van der Waals surface area contributed by atoms with Gasteiger partial charge in [-0.2, -0.15) is 0 Å². The van der Waals surface area contributed by atoms with Crippen molar-refractivity contribution in [2.75, 3.05) is 0 Å². The van der Waals surface area contributed by atoms with E-state index < -0.39 is 0 Å². The smallest absolute Gasteiger partial charge is 0 e. The normalized spacial score (nSPS) is 6.92. The molecule has 0 nitrogen and oxygen atoms in total. The van der Waals surface area contributed by atoms with E-state index in [0.29, 0.717) is 0 Å². The van der Waals surface area contributed by atoms with Gasteiger partial charge in [0, 0.05) is 25.3 Å². The van der Waals surface area contributed by atoms with Crippen molar-refractivity contribution in [1.82, 2.24) is 0 Å². The van der Waals surface area contributed by atoms with Crippen molar-refractivity contribution in [3.8, 4) is 0 Å². The molecule has 81 valence electrons. The average molecular weight is 293 g/mol. The largest absolute Gasteiger partial charge is 0.0654 e. The van der Waals surface area contributed by atoms with Gasteiger partial charge in [0.25, 0.3) is 0 Å². The third-order valence-electron chi connectivity index (χ3n) is 1.06. The summed E-state index contributed by atoms with van der Waals surface area (Å²) in [5, 5.41) is 0. The van der Waals surface area contributed by atoms with Crippen LogP contribution in [0.5, 0.6) is 0 Å². The summed E-state index contributed by atoms with van der Waals surface area (Å²) >= 11 is 0. The van der Waals surface area contributed by atoms with Crippen LogP contribution in [0, 0.1) is 20.8 Å². The average Bonchev–Trinajstić information content (AvgIpc) is 2.18. The molecule has 0 unspecified atom stereocenters. The van der Waals surface area contributed by atoms with E-state index in [9.17, 15) is 0 Å². The SMILES string of the molecule is [2HH].[CH2]CCC.[CH2]CCC.[CH2]CCC.[Sn]. The van der Waals surface area contributed by atoms with Crippen molar-refractivity contribution in [3.63, 3.8) is 0 Å². The van der Waals surface area contributed by atoms with Crippen molar-refractivity contribution < 1.29 is 1.43 Å². The third kappa shape index (κ3) is 103. The second-order valence-electron chi connectivity index (χ2n) is 2.56. The number of unbranched alkanes of at least 4 members (excludes halogenated alkanes) is 3. The monoisotopic (exact) mass is 294 g/mol. The van der Waals surface area contributed by atoms with E-state index in [1.807, 2.05) is 0 Å². The van der Waals surface area contributed by atoms with Crippen LogP contribution < -0.4 is 0 Å². The predicted octanol–water partition coefficient (Wildman–Crippen LogP) is 4.73. The Kier molecular flexibility index (Phi) is 69.8. The number of hydrogen-bond donors (Lipinski definition) is 0. The Morgan fingerprint density at radius 2 is 0.769 bits per heavy atom. The molecule has 0 saturated carbocycles. The van der Waals surface area contributed by atoms with Gasteiger partial charge in [0.1, 0.15) is 0 Å². The van der Waals surface area contributed by atoms with E-state index in [0.717, 1.165) is 19.3 Å². The maximum absolute atomic E-state index is 3.60. The topological polar surface area (TPSA) is 0 Å². The molecule has 0 aromatic rings. The summed E-state index contributed by atoms with van der Waals surface area (Å²) in [5.74, 6) is 0. The van der Waals surface area contributed by atoms with E-state index in [1.165, 1.54) is 19.3 Å². The minimum atomic E-state index is 0. The van der Waals surface area contributed by atoms with Gasteiger partial charge in [-0.25, -0.2) is 0 Å². The molecule has 0 spiro atoms. The summed E-state index contributed by atoms with van der Waals surface area (Å²) in [6, 6.07) is 0. The molecule has 0 aliphatic heterocycles. The Morgan fingerprint density at radius 1 is 0.692 bits per heavy atom. The molecular weight excluding hydrogens is 263 g/mol. The van der Waals surface area contributed by atoms with Crippen LogP contribution in [-0.4, -0.2) is 23.9 Å². The molecule has 0 heterocycles. The summed E-state index contributed by atoms with van der Waals surface area (Å²) in [6.45, 7) is 17.2. The van der Waals surface area contributed by atoms with Crippen LogP contribution in [0.15, 0.2) is 0 Å². The second-order valence-corrected chi connectivity index (χ2v) is 2.56. The summed E-state index contributed by atoms with van der Waals surface area (Å²) in [7, 11) is 0. The zero-order valence-corrected chi connectivity index (χ0v) is 12.7. The van der Waals surface area contributed by atoms with E-state index in [1.54, 1.807) is 0 Å². The first kappa shape index (κ1) is 23.5. The van der Waals surface area contributed by atoms with Gasteiger partial charge in [-0.15, -0.1) is 0 Å². The van der Waals surface area contributed by atoms with E-state index in [2.05, 4.69) is 41.5 Å². The molecule has 13 heavy (non-hydrogen) atoms. The van der Waals surface area contributed by atoms with Crippen LogP contribution in [0.25, 0.3) is 0 Å². The maximum Gasteiger partial charge on any atom is 0 e. The number of rotatable bonds is 3. The van der Waals surface area contributed by atoms with Gasteiger partial charge in [0.2, 0.25) is 0 Å². The molecule has 0 atom stereocenters. The Labute approximate surface area is 105 Å². The third-order valence-corrected chi connectivity index (χ3v) is 1.06. The molecule has 0 aliphatic carbocycles. The standard InChI is InChI=1S/3C4H9.Sn.H2/c3*1-3-4-2;;/h3*1,3-4H2,2H3;;1H/i;;;;1+1. The van der Waals surface area contributed by atoms with E-state index >= 15 is 0 Å². The van der Waals surface area contributed by atoms with Crippen LogP contribution in [0.1, 0.15) is 60.7 Å². The zero-order valence-electron chi connectivity index (χ0n) is 9.86. The molecule has 0 aliphatic rings. The molecular formula is C12H29Sn. The van der Waals surface area contributed by atoms with Gasteiger partial charge in [-0.3, -0.25) is 0 Å². The summed E-state index contributed by atoms with van der Waals surface area (Å²) in [6.07, 6.45) is 6.83. The fourth-order valence-corrected chi connectivity index (χ4v) is 0. The van der Waals surface area contributed by atoms with Crippen LogP contribution >= 0.6 is 0 Å². The molecule has 1 heteroatoms. The van der Waals surface area contributed by atoms with Gasteiger partial charge in [0.15, 0.2) is 0 Å². The minimum absolute atomic E-state index is 0. The van der Waals surface area contributed by atoms with Crippen molar-refractivity contribution in [2.24, 2.45) is 0 Å². The second kappa shape index (κ2) is 38.5. The van der Waals surface area contributed by atoms with Gasteiger partial charge in [-0.1, -0.05) is 80.1 Å². The molecule has 0 aromatic heterocycles. The molecule has 0 amide bonds. The Balaban J connectivity index is -0.0000000270. The first-order valence-electron chi connectivity index (χ1n) is 5.12. The first-order valence-corrected chi connectivity index (χ1v) is 5.12. The molecule has 0 N–H and O–H groups in total. The van der Waals surface area contributed by atoms with Crippen molar-refractivity contribution >= 4 is 23.9 Å². The van der Waals surface area contributed by atoms with Gasteiger partial charge < -0.3 is 0 Å². The van der Waals surface area contributed by atoms with Crippen LogP contribution in [0.4, 0.5) is 0 Å².